The molecule has 0 fully saturated rings. The second-order valence-electron chi connectivity index (χ2n) is 5.70. The van der Waals surface area contributed by atoms with Gasteiger partial charge in [-0.1, -0.05) is 42.5 Å². The zero-order valence-corrected chi connectivity index (χ0v) is 12.3. The number of carboxylic acids is 1. The van der Waals surface area contributed by atoms with Crippen molar-refractivity contribution >= 4 is 5.97 Å². The van der Waals surface area contributed by atoms with Crippen molar-refractivity contribution in [2.24, 2.45) is 0 Å². The van der Waals surface area contributed by atoms with Crippen molar-refractivity contribution in [1.82, 2.24) is 5.32 Å². The van der Waals surface area contributed by atoms with Crippen LogP contribution in [0.3, 0.4) is 0 Å². The maximum absolute atomic E-state index is 10.9. The number of fused-ring (bicyclic) bond motifs is 3. The van der Waals surface area contributed by atoms with Crippen molar-refractivity contribution < 1.29 is 9.90 Å². The van der Waals surface area contributed by atoms with Gasteiger partial charge in [-0.05, 0) is 48.1 Å². The predicted octanol–water partition coefficient (Wildman–Crippen LogP) is 3.38. The van der Waals surface area contributed by atoms with E-state index in [0.717, 1.165) is 12.0 Å². The van der Waals surface area contributed by atoms with Crippen LogP contribution < -0.4 is 5.32 Å². The lowest BCUT2D eigenvalue weighted by Gasteiger charge is -2.18. The number of hydrogen-bond donors (Lipinski definition) is 2. The van der Waals surface area contributed by atoms with Gasteiger partial charge in [-0.2, -0.15) is 0 Å². The quantitative estimate of drug-likeness (QED) is 0.770. The molecule has 3 heteroatoms. The molecule has 2 N–H and O–H groups in total. The van der Waals surface area contributed by atoms with Crippen molar-refractivity contribution in [1.29, 1.82) is 0 Å². The van der Waals surface area contributed by atoms with Crippen LogP contribution in [0, 0.1) is 0 Å². The summed E-state index contributed by atoms with van der Waals surface area (Å²) in [6.07, 6.45) is 0.959. The van der Waals surface area contributed by atoms with E-state index in [4.69, 9.17) is 5.11 Å². The minimum Gasteiger partial charge on any atom is -0.480 e. The number of benzene rings is 2. The highest BCUT2D eigenvalue weighted by molar-refractivity contribution is 5.77. The maximum Gasteiger partial charge on any atom is 0.320 e. The molecule has 0 amide bonds. The molecule has 0 aromatic heterocycles. The number of carbonyl (C=O) groups is 1. The van der Waals surface area contributed by atoms with Crippen LogP contribution in [0.2, 0.25) is 0 Å². The minimum absolute atomic E-state index is 0.0186. The Morgan fingerprint density at radius 1 is 1.10 bits per heavy atom. The Bertz CT molecular complexity index is 693. The second-order valence-corrected chi connectivity index (χ2v) is 5.70. The standard InChI is InChI=1S/C18H19NO2/c1-11(19-12(2)18(20)21)13-7-8-17-15(9-13)10-14-5-3-4-6-16(14)17/h3-9,11-12,19H,10H2,1-2H3,(H,20,21). The molecule has 2 atom stereocenters. The molecule has 0 saturated heterocycles. The lowest BCUT2D eigenvalue weighted by Crippen LogP contribution is -2.35. The number of hydrogen-bond acceptors (Lipinski definition) is 2. The predicted molar refractivity (Wildman–Crippen MR) is 83.3 cm³/mol. The Labute approximate surface area is 124 Å². The molecular weight excluding hydrogens is 262 g/mol. The van der Waals surface area contributed by atoms with E-state index in [-0.39, 0.29) is 6.04 Å². The van der Waals surface area contributed by atoms with E-state index < -0.39 is 12.0 Å². The van der Waals surface area contributed by atoms with Gasteiger partial charge in [0.25, 0.3) is 0 Å². The molecule has 2 aromatic carbocycles. The van der Waals surface area contributed by atoms with Gasteiger partial charge in [0.1, 0.15) is 6.04 Å². The monoisotopic (exact) mass is 281 g/mol. The van der Waals surface area contributed by atoms with E-state index in [2.05, 4.69) is 47.8 Å². The third kappa shape index (κ3) is 2.57. The zero-order valence-electron chi connectivity index (χ0n) is 12.3. The first-order valence-corrected chi connectivity index (χ1v) is 7.26. The Morgan fingerprint density at radius 2 is 1.81 bits per heavy atom. The molecule has 2 unspecified atom stereocenters. The normalized spacial score (nSPS) is 15.1. The van der Waals surface area contributed by atoms with Crippen molar-refractivity contribution in [2.45, 2.75) is 32.4 Å². The van der Waals surface area contributed by atoms with Gasteiger partial charge in [0.15, 0.2) is 0 Å². The first kappa shape index (κ1) is 13.8. The molecule has 1 aliphatic rings. The van der Waals surface area contributed by atoms with E-state index in [1.165, 1.54) is 22.3 Å². The van der Waals surface area contributed by atoms with Gasteiger partial charge in [0.2, 0.25) is 0 Å². The van der Waals surface area contributed by atoms with Crippen LogP contribution in [0.4, 0.5) is 0 Å². The highest BCUT2D eigenvalue weighted by Gasteiger charge is 2.20. The van der Waals surface area contributed by atoms with Crippen molar-refractivity contribution in [3.05, 3.63) is 59.2 Å². The molecule has 0 aliphatic heterocycles. The van der Waals surface area contributed by atoms with Gasteiger partial charge in [0, 0.05) is 6.04 Å². The third-order valence-corrected chi connectivity index (χ3v) is 4.19. The van der Waals surface area contributed by atoms with Crippen LogP contribution in [0.25, 0.3) is 11.1 Å². The largest absolute Gasteiger partial charge is 0.480 e. The number of rotatable bonds is 4. The van der Waals surface area contributed by atoms with Crippen molar-refractivity contribution in [3.63, 3.8) is 0 Å². The van der Waals surface area contributed by atoms with Crippen LogP contribution in [0.15, 0.2) is 42.5 Å². The number of aliphatic carboxylic acids is 1. The Hall–Kier alpha value is -2.13. The van der Waals surface area contributed by atoms with Crippen LogP contribution in [-0.4, -0.2) is 17.1 Å². The van der Waals surface area contributed by atoms with E-state index in [0.29, 0.717) is 0 Å². The van der Waals surface area contributed by atoms with Gasteiger partial charge in [-0.3, -0.25) is 10.1 Å². The molecule has 0 saturated carbocycles. The van der Waals surface area contributed by atoms with Crippen LogP contribution in [0.5, 0.6) is 0 Å². The average Bonchev–Trinajstić information content (AvgIpc) is 2.84. The van der Waals surface area contributed by atoms with E-state index >= 15 is 0 Å². The SMILES string of the molecule is CC(NC(C)c1ccc2c(c1)Cc1ccccc1-2)C(=O)O. The van der Waals surface area contributed by atoms with Gasteiger partial charge in [-0.25, -0.2) is 0 Å². The summed E-state index contributed by atoms with van der Waals surface area (Å²) < 4.78 is 0. The van der Waals surface area contributed by atoms with Crippen LogP contribution >= 0.6 is 0 Å². The fourth-order valence-corrected chi connectivity index (χ4v) is 2.98. The molecule has 3 nitrogen and oxygen atoms in total. The molecule has 108 valence electrons. The Balaban J connectivity index is 1.85. The molecular formula is C18H19NO2. The number of carboxylic acid groups (broad SMARTS) is 1. The maximum atomic E-state index is 10.9. The van der Waals surface area contributed by atoms with Crippen LogP contribution in [0.1, 0.15) is 36.6 Å². The van der Waals surface area contributed by atoms with E-state index in [9.17, 15) is 4.79 Å². The summed E-state index contributed by atoms with van der Waals surface area (Å²) in [6.45, 7) is 3.67. The molecule has 3 rings (SSSR count). The fourth-order valence-electron chi connectivity index (χ4n) is 2.98. The molecule has 0 bridgehead atoms. The molecule has 0 heterocycles. The Kier molecular flexibility index (Phi) is 3.52. The lowest BCUT2D eigenvalue weighted by atomic mass is 10.00. The summed E-state index contributed by atoms with van der Waals surface area (Å²) >= 11 is 0. The zero-order chi connectivity index (χ0) is 15.0. The third-order valence-electron chi connectivity index (χ3n) is 4.19. The van der Waals surface area contributed by atoms with E-state index in [1.807, 2.05) is 6.92 Å². The fraction of sp³-hybridized carbons (Fsp3) is 0.278. The van der Waals surface area contributed by atoms with Gasteiger partial charge >= 0.3 is 5.97 Å². The molecule has 0 radical (unpaired) electrons. The second kappa shape index (κ2) is 5.34. The topological polar surface area (TPSA) is 49.3 Å². The van der Waals surface area contributed by atoms with Gasteiger partial charge in [0.05, 0.1) is 0 Å². The minimum atomic E-state index is -0.824. The number of nitrogens with one attached hydrogen (secondary N) is 1. The Morgan fingerprint density at radius 3 is 2.57 bits per heavy atom. The molecule has 0 spiro atoms. The summed E-state index contributed by atoms with van der Waals surface area (Å²) in [5, 5.41) is 12.1. The van der Waals surface area contributed by atoms with Crippen molar-refractivity contribution in [2.75, 3.05) is 0 Å². The molecule has 2 aromatic rings. The summed E-state index contributed by atoms with van der Waals surface area (Å²) in [5.41, 5.74) is 6.44. The summed E-state index contributed by atoms with van der Waals surface area (Å²) in [7, 11) is 0. The van der Waals surface area contributed by atoms with Crippen LogP contribution in [-0.2, 0) is 11.2 Å². The van der Waals surface area contributed by atoms with Gasteiger partial charge < -0.3 is 5.11 Å². The molecule has 1 aliphatic carbocycles. The lowest BCUT2D eigenvalue weighted by molar-refractivity contribution is -0.139. The summed E-state index contributed by atoms with van der Waals surface area (Å²) in [5.74, 6) is -0.824. The van der Waals surface area contributed by atoms with Crippen molar-refractivity contribution in [3.8, 4) is 11.1 Å². The van der Waals surface area contributed by atoms with Gasteiger partial charge in [-0.15, -0.1) is 0 Å². The smallest absolute Gasteiger partial charge is 0.320 e. The summed E-state index contributed by atoms with van der Waals surface area (Å²) in [4.78, 5) is 10.9. The van der Waals surface area contributed by atoms with E-state index in [1.54, 1.807) is 6.92 Å². The molecule has 21 heavy (non-hydrogen) atoms. The first-order valence-electron chi connectivity index (χ1n) is 7.26. The highest BCUT2D eigenvalue weighted by atomic mass is 16.4. The average molecular weight is 281 g/mol. The summed E-state index contributed by atoms with van der Waals surface area (Å²) in [6, 6.07) is 14.4. The highest BCUT2D eigenvalue weighted by Crippen LogP contribution is 2.37. The first-order chi connectivity index (χ1) is 10.1.